The molecule has 0 aliphatic carbocycles. The van der Waals surface area contributed by atoms with Gasteiger partial charge in [0.05, 0.1) is 10.9 Å². The topological polar surface area (TPSA) is 132 Å². The molecule has 0 bridgehead atoms. The molecule has 4 heterocycles. The predicted octanol–water partition coefficient (Wildman–Crippen LogP) is 2.20. The molecule has 1 fully saturated rings. The number of anilines is 1. The lowest BCUT2D eigenvalue weighted by Crippen LogP contribution is -2.56. The zero-order chi connectivity index (χ0) is 29.8. The Morgan fingerprint density at radius 3 is 2.63 bits per heavy atom. The molecule has 1 amide bonds. The molecule has 1 saturated heterocycles. The number of hydrogen-bond donors (Lipinski definition) is 1. The second-order valence-corrected chi connectivity index (χ2v) is 12.0. The number of aromatic nitrogens is 4. The summed E-state index contributed by atoms with van der Waals surface area (Å²) in [6.45, 7) is 2.03. The van der Waals surface area contributed by atoms with Crippen molar-refractivity contribution in [2.24, 2.45) is 0 Å². The zero-order valence-corrected chi connectivity index (χ0v) is 24.0. The van der Waals surface area contributed by atoms with E-state index < -0.39 is 21.9 Å². The molecule has 1 N–H and O–H groups in total. The Morgan fingerprint density at radius 2 is 1.84 bits per heavy atom. The van der Waals surface area contributed by atoms with Crippen molar-refractivity contribution in [3.8, 4) is 17.4 Å². The third kappa shape index (κ3) is 6.44. The third-order valence-corrected chi connectivity index (χ3v) is 9.27. The van der Waals surface area contributed by atoms with E-state index in [0.29, 0.717) is 56.0 Å². The zero-order valence-electron chi connectivity index (χ0n) is 23.2. The van der Waals surface area contributed by atoms with Gasteiger partial charge in [-0.2, -0.15) is 9.29 Å². The molecule has 0 radical (unpaired) electrons. The fourth-order valence-electron chi connectivity index (χ4n) is 5.16. The highest BCUT2D eigenvalue weighted by Gasteiger charge is 2.37. The summed E-state index contributed by atoms with van der Waals surface area (Å²) in [7, 11) is -4.01. The Hall–Kier alpha value is -4.56. The number of nitrogens with one attached hydrogen (secondary N) is 1. The first-order valence-electron chi connectivity index (χ1n) is 13.9. The van der Waals surface area contributed by atoms with Crippen LogP contribution in [0.4, 0.5) is 10.2 Å². The van der Waals surface area contributed by atoms with Crippen LogP contribution in [0.25, 0.3) is 5.95 Å². The molecular weight excluding hydrogens is 577 g/mol. The van der Waals surface area contributed by atoms with Crippen molar-refractivity contribution in [1.82, 2.24) is 29.1 Å². The van der Waals surface area contributed by atoms with Crippen LogP contribution in [0, 0.1) is 5.82 Å². The van der Waals surface area contributed by atoms with Crippen molar-refractivity contribution in [3.05, 3.63) is 84.8 Å². The second kappa shape index (κ2) is 12.4. The highest BCUT2D eigenvalue weighted by atomic mass is 32.2. The average Bonchev–Trinajstić information content (AvgIpc) is 3.57. The number of halogens is 1. The maximum Gasteiger partial charge on any atom is 0.243 e. The number of sulfonamides is 1. The summed E-state index contributed by atoms with van der Waals surface area (Å²) < 4.78 is 55.1. The van der Waals surface area contributed by atoms with Gasteiger partial charge in [0.25, 0.3) is 0 Å². The third-order valence-electron chi connectivity index (χ3n) is 7.30. The monoisotopic (exact) mass is 607 g/mol. The van der Waals surface area contributed by atoms with E-state index in [2.05, 4.69) is 20.3 Å². The fraction of sp³-hybridized carbons (Fsp3) is 0.310. The number of imidazole rings is 1. The van der Waals surface area contributed by atoms with Gasteiger partial charge in [-0.05, 0) is 54.4 Å². The van der Waals surface area contributed by atoms with Crippen molar-refractivity contribution in [2.75, 3.05) is 44.3 Å². The summed E-state index contributed by atoms with van der Waals surface area (Å²) in [5, 5.41) is 2.92. The molecule has 1 atom stereocenters. The van der Waals surface area contributed by atoms with E-state index >= 15 is 0 Å². The minimum absolute atomic E-state index is 0.0317. The molecule has 2 aromatic carbocycles. The summed E-state index contributed by atoms with van der Waals surface area (Å²) in [5.74, 6) is 1.58. The van der Waals surface area contributed by atoms with Gasteiger partial charge in [0.2, 0.25) is 21.9 Å². The van der Waals surface area contributed by atoms with Crippen LogP contribution in [-0.4, -0.2) is 83.6 Å². The lowest BCUT2D eigenvalue weighted by molar-refractivity contribution is -0.121. The normalized spacial score (nSPS) is 17.0. The standard InChI is InChI=1S/C29H30FN7O5S/c30-22-2-4-24(5-3-22)43(39,40)37-14-13-35(27-8-10-33-29(34-27)36-12-11-31-20-36)19-23(37)18-28(38)32-9-7-21-1-6-25-26(17-21)42-16-15-41-25/h1-6,8,10-12,17,20,23H,7,9,13-16,18-19H2,(H,32,38). The predicted molar refractivity (Wildman–Crippen MR) is 154 cm³/mol. The van der Waals surface area contributed by atoms with Gasteiger partial charge < -0.3 is 19.7 Å². The van der Waals surface area contributed by atoms with Crippen LogP contribution in [0.3, 0.4) is 0 Å². The van der Waals surface area contributed by atoms with Crippen LogP contribution in [0.2, 0.25) is 0 Å². The SMILES string of the molecule is O=C(CC1CN(c2ccnc(-n3ccnc3)n2)CCN1S(=O)(=O)c1ccc(F)cc1)NCCc1ccc2c(c1)OCCO2. The summed E-state index contributed by atoms with van der Waals surface area (Å²) in [4.78, 5) is 28.0. The number of nitrogens with zero attached hydrogens (tertiary/aromatic N) is 6. The molecule has 2 aliphatic heterocycles. The number of carbonyl (C=O) groups excluding carboxylic acids is 1. The summed E-state index contributed by atoms with van der Waals surface area (Å²) >= 11 is 0. The van der Waals surface area contributed by atoms with E-state index in [1.54, 1.807) is 35.6 Å². The molecule has 14 heteroatoms. The molecule has 0 saturated carbocycles. The number of amides is 1. The van der Waals surface area contributed by atoms with Crippen LogP contribution >= 0.6 is 0 Å². The number of rotatable bonds is 9. The van der Waals surface area contributed by atoms with Crippen molar-refractivity contribution in [3.63, 3.8) is 0 Å². The number of fused-ring (bicyclic) bond motifs is 1. The number of benzene rings is 2. The Morgan fingerprint density at radius 1 is 1.02 bits per heavy atom. The summed E-state index contributed by atoms with van der Waals surface area (Å²) in [5.41, 5.74) is 0.978. The fourth-order valence-corrected chi connectivity index (χ4v) is 6.77. The van der Waals surface area contributed by atoms with E-state index in [-0.39, 0.29) is 30.3 Å². The molecule has 224 valence electrons. The Labute approximate surface area is 248 Å². The average molecular weight is 608 g/mol. The molecule has 12 nitrogen and oxygen atoms in total. The lowest BCUT2D eigenvalue weighted by Gasteiger charge is -2.40. The van der Waals surface area contributed by atoms with Crippen molar-refractivity contribution in [1.29, 1.82) is 0 Å². The van der Waals surface area contributed by atoms with Gasteiger partial charge >= 0.3 is 0 Å². The number of carbonyl (C=O) groups is 1. The van der Waals surface area contributed by atoms with E-state index in [1.807, 2.05) is 23.1 Å². The van der Waals surface area contributed by atoms with Crippen molar-refractivity contribution < 1.29 is 27.1 Å². The van der Waals surface area contributed by atoms with E-state index in [4.69, 9.17) is 9.47 Å². The van der Waals surface area contributed by atoms with Crippen LogP contribution < -0.4 is 19.7 Å². The quantitative estimate of drug-likeness (QED) is 0.304. The molecule has 4 aromatic rings. The van der Waals surface area contributed by atoms with Gasteiger partial charge in [-0.25, -0.2) is 22.8 Å². The van der Waals surface area contributed by atoms with Crippen molar-refractivity contribution in [2.45, 2.75) is 23.8 Å². The van der Waals surface area contributed by atoms with E-state index in [9.17, 15) is 17.6 Å². The molecule has 2 aliphatic rings. The van der Waals surface area contributed by atoms with Gasteiger partial charge in [-0.3, -0.25) is 9.36 Å². The number of piperazine rings is 1. The van der Waals surface area contributed by atoms with Gasteiger partial charge in [0.15, 0.2) is 11.5 Å². The van der Waals surface area contributed by atoms with Crippen molar-refractivity contribution >= 4 is 21.7 Å². The Kier molecular flexibility index (Phi) is 8.20. The second-order valence-electron chi connectivity index (χ2n) is 10.1. The molecule has 0 spiro atoms. The van der Waals surface area contributed by atoms with Crippen LogP contribution in [0.5, 0.6) is 11.5 Å². The van der Waals surface area contributed by atoms with Gasteiger partial charge in [-0.1, -0.05) is 6.07 Å². The maximum absolute atomic E-state index is 13.7. The van der Waals surface area contributed by atoms with Gasteiger partial charge in [0.1, 0.15) is 31.2 Å². The smallest absolute Gasteiger partial charge is 0.243 e. The summed E-state index contributed by atoms with van der Waals surface area (Å²) in [6, 6.07) is 11.4. The molecule has 1 unspecified atom stereocenters. The summed E-state index contributed by atoms with van der Waals surface area (Å²) in [6.07, 6.45) is 7.05. The maximum atomic E-state index is 13.7. The van der Waals surface area contributed by atoms with Crippen LogP contribution in [0.15, 0.2) is 78.3 Å². The lowest BCUT2D eigenvalue weighted by atomic mass is 10.1. The van der Waals surface area contributed by atoms with Gasteiger partial charge in [0, 0.05) is 51.2 Å². The van der Waals surface area contributed by atoms with Gasteiger partial charge in [-0.15, -0.1) is 0 Å². The highest BCUT2D eigenvalue weighted by molar-refractivity contribution is 7.89. The number of ether oxygens (including phenoxy) is 2. The largest absolute Gasteiger partial charge is 0.486 e. The minimum Gasteiger partial charge on any atom is -0.486 e. The first kappa shape index (κ1) is 28.6. The first-order valence-corrected chi connectivity index (χ1v) is 15.3. The molecule has 43 heavy (non-hydrogen) atoms. The molecule has 6 rings (SSSR count). The number of hydrogen-bond acceptors (Lipinski definition) is 9. The molecular formula is C29H30FN7O5S. The first-order chi connectivity index (χ1) is 20.9. The Bertz CT molecular complexity index is 1690. The minimum atomic E-state index is -4.01. The van der Waals surface area contributed by atoms with Crippen LogP contribution in [-0.2, 0) is 21.2 Å². The van der Waals surface area contributed by atoms with E-state index in [0.717, 1.165) is 17.7 Å². The molecule has 2 aromatic heterocycles. The van der Waals surface area contributed by atoms with Crippen LogP contribution in [0.1, 0.15) is 12.0 Å². The van der Waals surface area contributed by atoms with E-state index in [1.165, 1.54) is 16.4 Å². The Balaban J connectivity index is 1.17. The highest BCUT2D eigenvalue weighted by Crippen LogP contribution is 2.31.